The van der Waals surface area contributed by atoms with E-state index in [1.165, 1.54) is 51.9 Å². The lowest BCUT2D eigenvalue weighted by Gasteiger charge is -2.47. The molecule has 0 saturated heterocycles. The minimum Gasteiger partial charge on any atom is -0.466 e. The van der Waals surface area contributed by atoms with Gasteiger partial charge in [0.15, 0.2) is 0 Å². The molecule has 0 amide bonds. The molecular formula is C25H32O2. The van der Waals surface area contributed by atoms with E-state index in [0.29, 0.717) is 12.0 Å². The van der Waals surface area contributed by atoms with Crippen molar-refractivity contribution in [2.24, 2.45) is 11.3 Å². The van der Waals surface area contributed by atoms with E-state index in [2.05, 4.69) is 42.5 Å². The number of allylic oxidation sites excluding steroid dienone is 4. The van der Waals surface area contributed by atoms with Crippen LogP contribution in [0.2, 0.25) is 0 Å². The summed E-state index contributed by atoms with van der Waals surface area (Å²) in [6.45, 7) is 2.06. The van der Waals surface area contributed by atoms with Crippen molar-refractivity contribution in [1.82, 2.24) is 0 Å². The summed E-state index contributed by atoms with van der Waals surface area (Å²) in [5.74, 6) is 1.32. The molecule has 0 radical (unpaired) electrons. The molecular weight excluding hydrogens is 332 g/mol. The highest BCUT2D eigenvalue weighted by Crippen LogP contribution is 2.58. The minimum atomic E-state index is -0.162. The average Bonchev–Trinajstić information content (AvgIpc) is 3.11. The standard InChI is InChI=1S/C25H32O2/c1-19(26)27-18-7-3-2-6-15-25-16-8-11-24(25)23-13-12-20-9-4-5-10-21(20)22(23)14-17-25/h4-5,8-11,16,22-23H,2-3,6-7,12-15,17-18H2,1H3/t22-,23-,25+/m1/s1. The topological polar surface area (TPSA) is 26.3 Å². The highest BCUT2D eigenvalue weighted by atomic mass is 16.5. The first-order valence-electron chi connectivity index (χ1n) is 10.8. The van der Waals surface area contributed by atoms with Crippen molar-refractivity contribution in [1.29, 1.82) is 0 Å². The van der Waals surface area contributed by atoms with Gasteiger partial charge in [-0.05, 0) is 61.5 Å². The molecule has 0 heterocycles. The molecule has 0 bridgehead atoms. The van der Waals surface area contributed by atoms with Crippen molar-refractivity contribution < 1.29 is 9.53 Å². The van der Waals surface area contributed by atoms with E-state index in [-0.39, 0.29) is 5.97 Å². The van der Waals surface area contributed by atoms with Gasteiger partial charge in [-0.15, -0.1) is 0 Å². The van der Waals surface area contributed by atoms with Gasteiger partial charge in [0.2, 0.25) is 0 Å². The Labute approximate surface area is 163 Å². The Morgan fingerprint density at radius 3 is 2.85 bits per heavy atom. The molecule has 0 N–H and O–H groups in total. The van der Waals surface area contributed by atoms with Crippen molar-refractivity contribution in [3.05, 3.63) is 59.2 Å². The van der Waals surface area contributed by atoms with Crippen LogP contribution in [-0.2, 0) is 16.0 Å². The van der Waals surface area contributed by atoms with Crippen LogP contribution in [0, 0.1) is 11.3 Å². The number of unbranched alkanes of at least 4 members (excludes halogenated alkanes) is 3. The van der Waals surface area contributed by atoms with Crippen LogP contribution >= 0.6 is 0 Å². The summed E-state index contributed by atoms with van der Waals surface area (Å²) in [6.07, 6.45) is 18.4. The van der Waals surface area contributed by atoms with Crippen LogP contribution in [0.3, 0.4) is 0 Å². The number of carbonyl (C=O) groups is 1. The molecule has 27 heavy (non-hydrogen) atoms. The second-order valence-electron chi connectivity index (χ2n) is 8.63. The normalized spacial score (nSPS) is 28.1. The molecule has 3 atom stereocenters. The summed E-state index contributed by atoms with van der Waals surface area (Å²) >= 11 is 0. The van der Waals surface area contributed by atoms with Gasteiger partial charge in [0.1, 0.15) is 0 Å². The van der Waals surface area contributed by atoms with Crippen LogP contribution < -0.4 is 0 Å². The van der Waals surface area contributed by atoms with E-state index < -0.39 is 0 Å². The van der Waals surface area contributed by atoms with Crippen molar-refractivity contribution >= 4 is 5.97 Å². The Kier molecular flexibility index (Phi) is 5.52. The smallest absolute Gasteiger partial charge is 0.302 e. The lowest BCUT2D eigenvalue weighted by atomic mass is 9.57. The summed E-state index contributed by atoms with van der Waals surface area (Å²) in [4.78, 5) is 10.8. The molecule has 0 spiro atoms. The number of hydrogen-bond donors (Lipinski definition) is 0. The Morgan fingerprint density at radius 1 is 1.11 bits per heavy atom. The van der Waals surface area contributed by atoms with Crippen LogP contribution in [0.1, 0.15) is 75.3 Å². The fourth-order valence-electron chi connectivity index (χ4n) is 5.78. The van der Waals surface area contributed by atoms with Gasteiger partial charge < -0.3 is 4.74 Å². The van der Waals surface area contributed by atoms with Gasteiger partial charge in [0.25, 0.3) is 0 Å². The van der Waals surface area contributed by atoms with Crippen LogP contribution in [0.15, 0.2) is 48.1 Å². The Bertz CT molecular complexity index is 744. The van der Waals surface area contributed by atoms with E-state index in [9.17, 15) is 4.79 Å². The van der Waals surface area contributed by atoms with Crippen molar-refractivity contribution in [2.45, 2.75) is 70.6 Å². The molecule has 4 rings (SSSR count). The predicted molar refractivity (Wildman–Crippen MR) is 110 cm³/mol. The molecule has 1 aromatic rings. The molecule has 1 fully saturated rings. The van der Waals surface area contributed by atoms with Gasteiger partial charge in [-0.2, -0.15) is 0 Å². The fourth-order valence-corrected chi connectivity index (χ4v) is 5.78. The first kappa shape index (κ1) is 18.5. The Balaban J connectivity index is 1.34. The van der Waals surface area contributed by atoms with Gasteiger partial charge in [-0.3, -0.25) is 4.79 Å². The van der Waals surface area contributed by atoms with Crippen LogP contribution in [0.5, 0.6) is 0 Å². The quantitative estimate of drug-likeness (QED) is 0.430. The Hall–Kier alpha value is -1.83. The van der Waals surface area contributed by atoms with Crippen LogP contribution in [0.4, 0.5) is 0 Å². The number of benzene rings is 1. The maximum absolute atomic E-state index is 10.8. The zero-order valence-corrected chi connectivity index (χ0v) is 16.6. The summed E-state index contributed by atoms with van der Waals surface area (Å²) in [5, 5.41) is 0. The summed E-state index contributed by atoms with van der Waals surface area (Å²) in [6, 6.07) is 9.14. The lowest BCUT2D eigenvalue weighted by molar-refractivity contribution is -0.141. The highest BCUT2D eigenvalue weighted by molar-refractivity contribution is 5.65. The second-order valence-corrected chi connectivity index (χ2v) is 8.63. The van der Waals surface area contributed by atoms with Crippen LogP contribution in [-0.4, -0.2) is 12.6 Å². The molecule has 3 aliphatic rings. The number of hydrogen-bond acceptors (Lipinski definition) is 2. The Morgan fingerprint density at radius 2 is 1.96 bits per heavy atom. The SMILES string of the molecule is CC(=O)OCCCCCC[C@@]12C=CC=C1[C@@H]1CCc3ccccc3[C@H]1CC2. The van der Waals surface area contributed by atoms with Crippen molar-refractivity contribution in [2.75, 3.05) is 6.61 Å². The predicted octanol–water partition coefficient (Wildman–Crippen LogP) is 6.12. The van der Waals surface area contributed by atoms with E-state index in [1.54, 1.807) is 16.7 Å². The van der Waals surface area contributed by atoms with Crippen molar-refractivity contribution in [3.8, 4) is 0 Å². The summed E-state index contributed by atoms with van der Waals surface area (Å²) in [5.41, 5.74) is 5.28. The van der Waals surface area contributed by atoms with Crippen LogP contribution in [0.25, 0.3) is 0 Å². The van der Waals surface area contributed by atoms with Gasteiger partial charge in [0.05, 0.1) is 6.61 Å². The summed E-state index contributed by atoms with van der Waals surface area (Å²) in [7, 11) is 0. The molecule has 0 aromatic heterocycles. The number of esters is 1. The number of fused-ring (bicyclic) bond motifs is 5. The van der Waals surface area contributed by atoms with E-state index in [0.717, 1.165) is 24.7 Å². The monoisotopic (exact) mass is 364 g/mol. The molecule has 0 unspecified atom stereocenters. The number of carbonyl (C=O) groups excluding carboxylic acids is 1. The van der Waals surface area contributed by atoms with Gasteiger partial charge in [-0.1, -0.05) is 67.3 Å². The molecule has 3 aliphatic carbocycles. The maximum Gasteiger partial charge on any atom is 0.302 e. The molecule has 2 nitrogen and oxygen atoms in total. The van der Waals surface area contributed by atoms with E-state index in [1.807, 2.05) is 0 Å². The van der Waals surface area contributed by atoms with Gasteiger partial charge >= 0.3 is 5.97 Å². The fraction of sp³-hybridized carbons (Fsp3) is 0.560. The molecule has 0 aliphatic heterocycles. The molecule has 2 heteroatoms. The second kappa shape index (κ2) is 8.04. The molecule has 1 saturated carbocycles. The summed E-state index contributed by atoms with van der Waals surface area (Å²) < 4.78 is 5.04. The third-order valence-corrected chi connectivity index (χ3v) is 7.05. The zero-order chi connectivity index (χ0) is 18.7. The number of rotatable bonds is 7. The maximum atomic E-state index is 10.8. The first-order chi connectivity index (χ1) is 13.2. The number of ether oxygens (including phenoxy) is 1. The zero-order valence-electron chi connectivity index (χ0n) is 16.6. The van der Waals surface area contributed by atoms with Gasteiger partial charge in [-0.25, -0.2) is 0 Å². The highest BCUT2D eigenvalue weighted by Gasteiger charge is 2.46. The minimum absolute atomic E-state index is 0.162. The lowest BCUT2D eigenvalue weighted by Crippen LogP contribution is -2.35. The largest absolute Gasteiger partial charge is 0.466 e. The first-order valence-corrected chi connectivity index (χ1v) is 10.8. The number of aryl methyl sites for hydroxylation is 1. The average molecular weight is 365 g/mol. The van der Waals surface area contributed by atoms with E-state index >= 15 is 0 Å². The van der Waals surface area contributed by atoms with Gasteiger partial charge in [0, 0.05) is 12.3 Å². The third kappa shape index (κ3) is 3.77. The third-order valence-electron chi connectivity index (χ3n) is 7.05. The molecule has 144 valence electrons. The van der Waals surface area contributed by atoms with Crippen molar-refractivity contribution in [3.63, 3.8) is 0 Å². The van der Waals surface area contributed by atoms with E-state index in [4.69, 9.17) is 4.74 Å². The molecule has 1 aromatic carbocycles.